The fourth-order valence-electron chi connectivity index (χ4n) is 3.78. The first-order chi connectivity index (χ1) is 12.5. The van der Waals surface area contributed by atoms with Crippen molar-refractivity contribution in [3.63, 3.8) is 0 Å². The van der Waals surface area contributed by atoms with E-state index in [-0.39, 0.29) is 0 Å². The van der Waals surface area contributed by atoms with E-state index in [9.17, 15) is 13.2 Å². The van der Waals surface area contributed by atoms with E-state index in [1.54, 1.807) is 12.6 Å². The molecule has 0 atom stereocenters. The van der Waals surface area contributed by atoms with Crippen LogP contribution in [-0.2, 0) is 0 Å². The summed E-state index contributed by atoms with van der Waals surface area (Å²) in [7, 11) is 1.77. The summed E-state index contributed by atoms with van der Waals surface area (Å²) >= 11 is 0. The molecule has 0 radical (unpaired) electrons. The Kier molecular flexibility index (Phi) is 8.75. The zero-order valence-corrected chi connectivity index (χ0v) is 15.9. The lowest BCUT2D eigenvalue weighted by Crippen LogP contribution is -2.41. The van der Waals surface area contributed by atoms with Crippen LogP contribution in [0.4, 0.5) is 13.2 Å². The quantitative estimate of drug-likeness (QED) is 0.405. The number of hydrogen-bond acceptors (Lipinski definition) is 2. The van der Waals surface area contributed by atoms with Crippen LogP contribution in [0, 0.1) is 5.92 Å². The Balaban J connectivity index is 1.56. The van der Waals surface area contributed by atoms with Crippen LogP contribution in [-0.4, -0.2) is 56.8 Å². The molecule has 1 saturated heterocycles. The zero-order chi connectivity index (χ0) is 18.8. The van der Waals surface area contributed by atoms with Crippen molar-refractivity contribution in [3.8, 4) is 0 Å². The van der Waals surface area contributed by atoms with Gasteiger partial charge in [0.1, 0.15) is 0 Å². The number of likely N-dealkylation sites (tertiary alicyclic amines) is 1. The van der Waals surface area contributed by atoms with Gasteiger partial charge in [-0.05, 0) is 70.4 Å². The minimum atomic E-state index is -4.08. The van der Waals surface area contributed by atoms with Crippen LogP contribution in [0.15, 0.2) is 16.6 Å². The van der Waals surface area contributed by atoms with Crippen molar-refractivity contribution in [1.82, 2.24) is 15.5 Å². The van der Waals surface area contributed by atoms with E-state index in [0.29, 0.717) is 19.0 Å². The van der Waals surface area contributed by atoms with Gasteiger partial charge in [-0.1, -0.05) is 11.6 Å². The van der Waals surface area contributed by atoms with Gasteiger partial charge in [-0.15, -0.1) is 0 Å². The second-order valence-corrected chi connectivity index (χ2v) is 7.41. The summed E-state index contributed by atoms with van der Waals surface area (Å²) in [5, 5.41) is 6.68. The summed E-state index contributed by atoms with van der Waals surface area (Å²) in [6, 6.07) is 0. The molecule has 1 fully saturated rings. The fourth-order valence-corrected chi connectivity index (χ4v) is 3.78. The van der Waals surface area contributed by atoms with E-state index in [0.717, 1.165) is 44.7 Å². The lowest BCUT2D eigenvalue weighted by molar-refractivity contribution is -0.148. The van der Waals surface area contributed by atoms with Crippen molar-refractivity contribution in [1.29, 1.82) is 0 Å². The standard InChI is InChI=1S/C19H33F3N4/c1-23-18(24-11-7-16-5-3-2-4-6-16)25-12-8-17-9-13-26(14-10-17)15-19(20,21)22/h5,17H,2-4,6-15H2,1H3,(H2,23,24,25). The summed E-state index contributed by atoms with van der Waals surface area (Å²) in [5.74, 6) is 1.31. The highest BCUT2D eigenvalue weighted by Crippen LogP contribution is 2.24. The summed E-state index contributed by atoms with van der Waals surface area (Å²) in [6.07, 6.45) is 7.08. The SMILES string of the molecule is CN=C(NCCC1=CCCCC1)NCCC1CCN(CC(F)(F)F)CC1. The first-order valence-electron chi connectivity index (χ1n) is 9.88. The molecule has 0 aromatic rings. The fraction of sp³-hybridized carbons (Fsp3) is 0.842. The van der Waals surface area contributed by atoms with Gasteiger partial charge in [-0.2, -0.15) is 13.2 Å². The summed E-state index contributed by atoms with van der Waals surface area (Å²) in [5.41, 5.74) is 1.55. The molecule has 0 spiro atoms. The molecule has 0 aromatic heterocycles. The van der Waals surface area contributed by atoms with Gasteiger partial charge in [-0.25, -0.2) is 0 Å². The second-order valence-electron chi connectivity index (χ2n) is 7.41. The lowest BCUT2D eigenvalue weighted by atomic mass is 9.93. The number of guanidine groups is 1. The maximum atomic E-state index is 12.4. The highest BCUT2D eigenvalue weighted by atomic mass is 19.4. The van der Waals surface area contributed by atoms with Crippen molar-refractivity contribution < 1.29 is 13.2 Å². The Morgan fingerprint density at radius 1 is 1.19 bits per heavy atom. The lowest BCUT2D eigenvalue weighted by Gasteiger charge is -2.32. The molecule has 2 aliphatic rings. The number of nitrogens with zero attached hydrogens (tertiary/aromatic N) is 2. The maximum absolute atomic E-state index is 12.4. The Hall–Kier alpha value is -1.24. The minimum absolute atomic E-state index is 0.498. The summed E-state index contributed by atoms with van der Waals surface area (Å²) < 4.78 is 37.2. The van der Waals surface area contributed by atoms with Crippen LogP contribution in [0.5, 0.6) is 0 Å². The molecule has 150 valence electrons. The van der Waals surface area contributed by atoms with Gasteiger partial charge < -0.3 is 10.6 Å². The molecule has 1 aliphatic carbocycles. The van der Waals surface area contributed by atoms with Crippen LogP contribution >= 0.6 is 0 Å². The monoisotopic (exact) mass is 374 g/mol. The number of rotatable bonds is 7. The first kappa shape index (κ1) is 21.1. The van der Waals surface area contributed by atoms with Gasteiger partial charge in [0.2, 0.25) is 0 Å². The molecule has 0 saturated carbocycles. The number of alkyl halides is 3. The van der Waals surface area contributed by atoms with Crippen molar-refractivity contribution in [2.75, 3.05) is 39.8 Å². The molecule has 0 unspecified atom stereocenters. The van der Waals surface area contributed by atoms with Crippen molar-refractivity contribution >= 4 is 5.96 Å². The van der Waals surface area contributed by atoms with E-state index < -0.39 is 12.7 Å². The molecule has 4 nitrogen and oxygen atoms in total. The van der Waals surface area contributed by atoms with Crippen molar-refractivity contribution in [3.05, 3.63) is 11.6 Å². The maximum Gasteiger partial charge on any atom is 0.401 e. The number of piperidine rings is 1. The second kappa shape index (κ2) is 10.8. The van der Waals surface area contributed by atoms with Gasteiger partial charge in [0.25, 0.3) is 0 Å². The van der Waals surface area contributed by atoms with Crippen LogP contribution in [0.1, 0.15) is 51.4 Å². The molecule has 7 heteroatoms. The Bertz CT molecular complexity index is 466. The average molecular weight is 374 g/mol. The van der Waals surface area contributed by atoms with E-state index in [2.05, 4.69) is 21.7 Å². The molecule has 0 aromatic carbocycles. The van der Waals surface area contributed by atoms with Crippen LogP contribution < -0.4 is 10.6 Å². The summed E-state index contributed by atoms with van der Waals surface area (Å²) in [6.45, 7) is 2.02. The highest BCUT2D eigenvalue weighted by Gasteiger charge is 2.32. The average Bonchev–Trinajstić information content (AvgIpc) is 2.61. The van der Waals surface area contributed by atoms with Crippen LogP contribution in [0.2, 0.25) is 0 Å². The molecule has 0 bridgehead atoms. The Morgan fingerprint density at radius 2 is 1.92 bits per heavy atom. The minimum Gasteiger partial charge on any atom is -0.356 e. The predicted molar refractivity (Wildman–Crippen MR) is 100 cm³/mol. The molecule has 1 heterocycles. The zero-order valence-electron chi connectivity index (χ0n) is 15.9. The van der Waals surface area contributed by atoms with Gasteiger partial charge in [-0.3, -0.25) is 9.89 Å². The van der Waals surface area contributed by atoms with Gasteiger partial charge in [0.05, 0.1) is 6.54 Å². The summed E-state index contributed by atoms with van der Waals surface area (Å²) in [4.78, 5) is 5.77. The number of halogens is 3. The molecule has 0 amide bonds. The van der Waals surface area contributed by atoms with Crippen molar-refractivity contribution in [2.24, 2.45) is 10.9 Å². The molecule has 26 heavy (non-hydrogen) atoms. The number of hydrogen-bond donors (Lipinski definition) is 2. The van der Waals surface area contributed by atoms with E-state index in [4.69, 9.17) is 0 Å². The van der Waals surface area contributed by atoms with Crippen LogP contribution in [0.25, 0.3) is 0 Å². The van der Waals surface area contributed by atoms with E-state index in [1.807, 2.05) is 0 Å². The number of allylic oxidation sites excluding steroid dienone is 1. The van der Waals surface area contributed by atoms with E-state index in [1.165, 1.54) is 30.6 Å². The molecule has 1 aliphatic heterocycles. The number of aliphatic imine (C=N–C) groups is 1. The molecule has 2 rings (SSSR count). The van der Waals surface area contributed by atoms with Gasteiger partial charge >= 0.3 is 6.18 Å². The van der Waals surface area contributed by atoms with Gasteiger partial charge in [0.15, 0.2) is 5.96 Å². The van der Waals surface area contributed by atoms with E-state index >= 15 is 0 Å². The molecular formula is C19H33F3N4. The normalized spacial score (nSPS) is 20.8. The van der Waals surface area contributed by atoms with Crippen molar-refractivity contribution in [2.45, 2.75) is 57.5 Å². The smallest absolute Gasteiger partial charge is 0.356 e. The highest BCUT2D eigenvalue weighted by molar-refractivity contribution is 5.79. The van der Waals surface area contributed by atoms with Gasteiger partial charge in [0, 0.05) is 20.1 Å². The molecular weight excluding hydrogens is 341 g/mol. The Labute approximate surface area is 155 Å². The predicted octanol–water partition coefficient (Wildman–Crippen LogP) is 3.71. The first-order valence-corrected chi connectivity index (χ1v) is 9.88. The topological polar surface area (TPSA) is 39.7 Å². The Morgan fingerprint density at radius 3 is 2.54 bits per heavy atom. The largest absolute Gasteiger partial charge is 0.401 e. The third-order valence-corrected chi connectivity index (χ3v) is 5.30. The molecule has 2 N–H and O–H groups in total. The number of nitrogens with one attached hydrogen (secondary N) is 2. The third-order valence-electron chi connectivity index (χ3n) is 5.30. The third kappa shape index (κ3) is 8.43. The van der Waals surface area contributed by atoms with Crippen LogP contribution in [0.3, 0.4) is 0 Å².